The van der Waals surface area contributed by atoms with Gasteiger partial charge >= 0.3 is 0 Å². The Morgan fingerprint density at radius 2 is 2.29 bits per heavy atom. The van der Waals surface area contributed by atoms with E-state index in [0.29, 0.717) is 24.5 Å². The average molecular weight is 345 g/mol. The molecule has 1 N–H and O–H groups in total. The fraction of sp³-hybridized carbons (Fsp3) is 0.500. The van der Waals surface area contributed by atoms with Gasteiger partial charge in [-0.3, -0.25) is 4.79 Å². The number of Topliss-reactive ketones (excluding diaryl/α,β-unsaturated/α-hetero) is 1. The third-order valence-corrected chi connectivity index (χ3v) is 5.08. The highest BCUT2D eigenvalue weighted by atomic mass is 32.1. The van der Waals surface area contributed by atoms with E-state index in [1.54, 1.807) is 17.5 Å². The summed E-state index contributed by atoms with van der Waals surface area (Å²) in [6.07, 6.45) is 4.17. The van der Waals surface area contributed by atoms with Crippen LogP contribution in [0.2, 0.25) is 0 Å². The van der Waals surface area contributed by atoms with Crippen molar-refractivity contribution in [2.24, 2.45) is 0 Å². The van der Waals surface area contributed by atoms with Gasteiger partial charge in [-0.15, -0.1) is 11.3 Å². The minimum Gasteiger partial charge on any atom is -0.379 e. The summed E-state index contributed by atoms with van der Waals surface area (Å²) in [7, 11) is 0. The van der Waals surface area contributed by atoms with E-state index < -0.39 is 0 Å². The highest BCUT2D eigenvalue weighted by Gasteiger charge is 2.28. The number of ether oxygens (including phenoxy) is 1. The van der Waals surface area contributed by atoms with E-state index in [1.165, 1.54) is 4.88 Å². The van der Waals surface area contributed by atoms with Crippen molar-refractivity contribution in [1.29, 1.82) is 0 Å². The number of hydrogen-bond acceptors (Lipinski definition) is 6. The molecule has 5 nitrogen and oxygen atoms in total. The fourth-order valence-electron chi connectivity index (χ4n) is 2.85. The Labute approximate surface area is 146 Å². The molecule has 0 bridgehead atoms. The largest absolute Gasteiger partial charge is 0.379 e. The zero-order valence-corrected chi connectivity index (χ0v) is 14.9. The number of aromatic nitrogens is 2. The molecule has 2 aromatic heterocycles. The van der Waals surface area contributed by atoms with Crippen LogP contribution in [0.4, 0.5) is 5.95 Å². The lowest BCUT2D eigenvalue weighted by Gasteiger charge is -2.22. The zero-order chi connectivity index (χ0) is 16.9. The van der Waals surface area contributed by atoms with Gasteiger partial charge in [0.25, 0.3) is 0 Å². The first-order valence-electron chi connectivity index (χ1n) is 8.41. The van der Waals surface area contributed by atoms with Gasteiger partial charge in [0.2, 0.25) is 5.95 Å². The molecule has 128 valence electrons. The summed E-state index contributed by atoms with van der Waals surface area (Å²) in [6.45, 7) is 5.53. The quantitative estimate of drug-likeness (QED) is 0.776. The molecule has 0 saturated carbocycles. The molecule has 0 amide bonds. The molecular formula is C18H23N3O2S. The molecule has 24 heavy (non-hydrogen) atoms. The molecule has 1 aliphatic rings. The molecule has 0 aliphatic heterocycles. The molecular weight excluding hydrogens is 322 g/mol. The minimum atomic E-state index is 0.145. The van der Waals surface area contributed by atoms with Crippen molar-refractivity contribution in [2.45, 2.75) is 45.1 Å². The van der Waals surface area contributed by atoms with Crippen molar-refractivity contribution in [3.8, 4) is 0 Å². The monoisotopic (exact) mass is 345 g/mol. The van der Waals surface area contributed by atoms with Gasteiger partial charge in [0.1, 0.15) is 0 Å². The number of nitrogens with one attached hydrogen (secondary N) is 1. The number of anilines is 1. The van der Waals surface area contributed by atoms with Crippen LogP contribution >= 0.6 is 11.3 Å². The first-order chi connectivity index (χ1) is 11.6. The van der Waals surface area contributed by atoms with E-state index in [0.717, 1.165) is 25.1 Å². The first-order valence-corrected chi connectivity index (χ1v) is 9.29. The van der Waals surface area contributed by atoms with E-state index >= 15 is 0 Å². The SMILES string of the molecule is CC(C)OCCCNc1ncc2c(n1)C[C@@H](c1cccs1)CC2=O. The third kappa shape index (κ3) is 4.19. The molecule has 1 aliphatic carbocycles. The smallest absolute Gasteiger partial charge is 0.222 e. The summed E-state index contributed by atoms with van der Waals surface area (Å²) >= 11 is 1.71. The Morgan fingerprint density at radius 1 is 1.42 bits per heavy atom. The fourth-order valence-corrected chi connectivity index (χ4v) is 3.68. The third-order valence-electron chi connectivity index (χ3n) is 4.04. The predicted molar refractivity (Wildman–Crippen MR) is 95.9 cm³/mol. The number of fused-ring (bicyclic) bond motifs is 1. The van der Waals surface area contributed by atoms with Crippen LogP contribution < -0.4 is 5.32 Å². The molecule has 0 saturated heterocycles. The zero-order valence-electron chi connectivity index (χ0n) is 14.1. The molecule has 0 spiro atoms. The normalized spacial score (nSPS) is 17.1. The molecule has 0 radical (unpaired) electrons. The molecule has 1 atom stereocenters. The summed E-state index contributed by atoms with van der Waals surface area (Å²) in [5.74, 6) is 0.983. The molecule has 2 heterocycles. The average Bonchev–Trinajstić information content (AvgIpc) is 3.08. The van der Waals surface area contributed by atoms with Crippen LogP contribution in [0, 0.1) is 0 Å². The van der Waals surface area contributed by atoms with Gasteiger partial charge < -0.3 is 10.1 Å². The van der Waals surface area contributed by atoms with Crippen molar-refractivity contribution in [3.05, 3.63) is 39.8 Å². The lowest BCUT2D eigenvalue weighted by atomic mass is 9.86. The number of carbonyl (C=O) groups excluding carboxylic acids is 1. The standard InChI is InChI=1S/C18H23N3O2S/c1-12(2)23-7-4-6-19-18-20-11-14-15(21-18)9-13(10-16(14)22)17-5-3-8-24-17/h3,5,8,11-13H,4,6-7,9-10H2,1-2H3,(H,19,20,21)/t13-/m1/s1. The van der Waals surface area contributed by atoms with Gasteiger partial charge in [0.05, 0.1) is 17.4 Å². The van der Waals surface area contributed by atoms with Gasteiger partial charge in [-0.25, -0.2) is 9.97 Å². The molecule has 0 fully saturated rings. The van der Waals surface area contributed by atoms with E-state index in [1.807, 2.05) is 19.9 Å². The van der Waals surface area contributed by atoms with E-state index in [-0.39, 0.29) is 17.8 Å². The van der Waals surface area contributed by atoms with Gasteiger partial charge in [0, 0.05) is 36.6 Å². The number of thiophene rings is 1. The van der Waals surface area contributed by atoms with Gasteiger partial charge in [-0.1, -0.05) is 6.07 Å². The van der Waals surface area contributed by atoms with Crippen molar-refractivity contribution in [1.82, 2.24) is 9.97 Å². The summed E-state index contributed by atoms with van der Waals surface area (Å²) in [5, 5.41) is 5.28. The second-order valence-electron chi connectivity index (χ2n) is 6.30. The van der Waals surface area contributed by atoms with Gasteiger partial charge in [-0.05, 0) is 38.1 Å². The first kappa shape index (κ1) is 17.0. The van der Waals surface area contributed by atoms with E-state index in [2.05, 4.69) is 26.7 Å². The van der Waals surface area contributed by atoms with Crippen molar-refractivity contribution >= 4 is 23.1 Å². The maximum Gasteiger partial charge on any atom is 0.222 e. The summed E-state index contributed by atoms with van der Waals surface area (Å²) in [6, 6.07) is 4.13. The van der Waals surface area contributed by atoms with Crippen LogP contribution in [-0.4, -0.2) is 35.0 Å². The number of nitrogens with zero attached hydrogens (tertiary/aromatic N) is 2. The summed E-state index contributed by atoms with van der Waals surface area (Å²) in [4.78, 5) is 22.5. The minimum absolute atomic E-state index is 0.145. The van der Waals surface area contributed by atoms with Crippen LogP contribution in [0.15, 0.2) is 23.7 Å². The van der Waals surface area contributed by atoms with Crippen LogP contribution in [0.25, 0.3) is 0 Å². The molecule has 0 unspecified atom stereocenters. The highest BCUT2D eigenvalue weighted by Crippen LogP contribution is 2.34. The molecule has 6 heteroatoms. The Kier molecular flexibility index (Phi) is 5.58. The van der Waals surface area contributed by atoms with Crippen LogP contribution in [0.3, 0.4) is 0 Å². The van der Waals surface area contributed by atoms with Crippen LogP contribution in [-0.2, 0) is 11.2 Å². The highest BCUT2D eigenvalue weighted by molar-refractivity contribution is 7.10. The predicted octanol–water partition coefficient (Wildman–Crippen LogP) is 3.68. The van der Waals surface area contributed by atoms with Crippen molar-refractivity contribution < 1.29 is 9.53 Å². The number of carbonyl (C=O) groups is 1. The summed E-state index contributed by atoms with van der Waals surface area (Å²) in [5.41, 5.74) is 1.54. The lowest BCUT2D eigenvalue weighted by molar-refractivity contribution is 0.0787. The van der Waals surface area contributed by atoms with Crippen LogP contribution in [0.5, 0.6) is 0 Å². The second-order valence-corrected chi connectivity index (χ2v) is 7.28. The Balaban J connectivity index is 1.62. The molecule has 2 aromatic rings. The maximum absolute atomic E-state index is 12.4. The second kappa shape index (κ2) is 7.85. The molecule has 3 rings (SSSR count). The van der Waals surface area contributed by atoms with E-state index in [4.69, 9.17) is 4.74 Å². The Bertz CT molecular complexity index is 686. The lowest BCUT2D eigenvalue weighted by Crippen LogP contribution is -2.21. The number of hydrogen-bond donors (Lipinski definition) is 1. The van der Waals surface area contributed by atoms with Gasteiger partial charge in [0.15, 0.2) is 5.78 Å². The number of rotatable bonds is 7. The Hall–Kier alpha value is -1.79. The maximum atomic E-state index is 12.4. The van der Waals surface area contributed by atoms with E-state index in [9.17, 15) is 4.79 Å². The van der Waals surface area contributed by atoms with Crippen molar-refractivity contribution in [3.63, 3.8) is 0 Å². The number of ketones is 1. The van der Waals surface area contributed by atoms with Gasteiger partial charge in [-0.2, -0.15) is 0 Å². The topological polar surface area (TPSA) is 64.1 Å². The Morgan fingerprint density at radius 3 is 3.04 bits per heavy atom. The molecule has 0 aromatic carbocycles. The van der Waals surface area contributed by atoms with Crippen molar-refractivity contribution in [2.75, 3.05) is 18.5 Å². The van der Waals surface area contributed by atoms with Crippen LogP contribution in [0.1, 0.15) is 53.5 Å². The summed E-state index contributed by atoms with van der Waals surface area (Å²) < 4.78 is 5.52.